The summed E-state index contributed by atoms with van der Waals surface area (Å²) < 4.78 is 0. The molecule has 3 aromatic rings. The first-order valence-corrected chi connectivity index (χ1v) is 7.48. The molecule has 1 heterocycles. The minimum absolute atomic E-state index is 0.00876. The van der Waals surface area contributed by atoms with Crippen LogP contribution in [-0.2, 0) is 11.2 Å². The summed E-state index contributed by atoms with van der Waals surface area (Å²) in [6.45, 7) is 2.05. The van der Waals surface area contributed by atoms with Gasteiger partial charge in [0.05, 0.1) is 11.0 Å². The van der Waals surface area contributed by atoms with Gasteiger partial charge >= 0.3 is 0 Å². The Morgan fingerprint density at radius 1 is 1.23 bits per heavy atom. The number of halogens is 1. The molecule has 3 rings (SSSR count). The molecule has 0 fully saturated rings. The standard InChI is InChI=1S/C17H16ClN3O/c1-11-2-4-12(5-3-11)6-9-16(22)19-13-7-8-14-15(10-13)21-17(18)20-14/h2-5,7-8,10H,6,9H2,1H3,(H,19,22)(H,20,21). The van der Waals surface area contributed by atoms with Crippen LogP contribution >= 0.6 is 11.6 Å². The van der Waals surface area contributed by atoms with E-state index in [-0.39, 0.29) is 5.91 Å². The predicted octanol–water partition coefficient (Wildman–Crippen LogP) is 4.10. The Kier molecular flexibility index (Phi) is 4.11. The van der Waals surface area contributed by atoms with Crippen molar-refractivity contribution < 1.29 is 4.79 Å². The van der Waals surface area contributed by atoms with Gasteiger partial charge in [-0.1, -0.05) is 29.8 Å². The average molecular weight is 314 g/mol. The molecule has 1 amide bonds. The van der Waals surface area contributed by atoms with Gasteiger partial charge in [0.2, 0.25) is 11.2 Å². The molecule has 22 heavy (non-hydrogen) atoms. The first kappa shape index (κ1) is 14.6. The summed E-state index contributed by atoms with van der Waals surface area (Å²) in [4.78, 5) is 19.1. The van der Waals surface area contributed by atoms with Crippen molar-refractivity contribution in [2.75, 3.05) is 5.32 Å². The number of rotatable bonds is 4. The Bertz CT molecular complexity index is 808. The van der Waals surface area contributed by atoms with Gasteiger partial charge in [-0.25, -0.2) is 4.98 Å². The normalized spacial score (nSPS) is 10.8. The lowest BCUT2D eigenvalue weighted by atomic mass is 10.1. The first-order chi connectivity index (χ1) is 10.6. The van der Waals surface area contributed by atoms with Crippen LogP contribution in [0.5, 0.6) is 0 Å². The topological polar surface area (TPSA) is 57.8 Å². The Balaban J connectivity index is 1.61. The zero-order valence-corrected chi connectivity index (χ0v) is 12.9. The van der Waals surface area contributed by atoms with Gasteiger partial charge in [0, 0.05) is 12.1 Å². The Morgan fingerprint density at radius 3 is 2.77 bits per heavy atom. The fraction of sp³-hybridized carbons (Fsp3) is 0.176. The maximum atomic E-state index is 12.0. The first-order valence-electron chi connectivity index (χ1n) is 7.11. The third-order valence-electron chi connectivity index (χ3n) is 3.50. The number of carbonyl (C=O) groups excluding carboxylic acids is 1. The number of hydrogen-bond donors (Lipinski definition) is 2. The van der Waals surface area contributed by atoms with Crippen LogP contribution in [0.4, 0.5) is 5.69 Å². The second kappa shape index (κ2) is 6.20. The lowest BCUT2D eigenvalue weighted by molar-refractivity contribution is -0.116. The second-order valence-electron chi connectivity index (χ2n) is 5.29. The van der Waals surface area contributed by atoms with Gasteiger partial charge in [-0.3, -0.25) is 4.79 Å². The third-order valence-corrected chi connectivity index (χ3v) is 3.68. The van der Waals surface area contributed by atoms with Crippen LogP contribution in [0.2, 0.25) is 5.28 Å². The van der Waals surface area contributed by atoms with Crippen molar-refractivity contribution in [2.45, 2.75) is 19.8 Å². The summed E-state index contributed by atoms with van der Waals surface area (Å²) in [5.41, 5.74) is 4.71. The molecule has 2 N–H and O–H groups in total. The van der Waals surface area contributed by atoms with Crippen molar-refractivity contribution in [1.82, 2.24) is 9.97 Å². The number of aryl methyl sites for hydroxylation is 2. The van der Waals surface area contributed by atoms with Crippen LogP contribution in [0, 0.1) is 6.92 Å². The number of benzene rings is 2. The van der Waals surface area contributed by atoms with Gasteiger partial charge in [0.25, 0.3) is 0 Å². The second-order valence-corrected chi connectivity index (χ2v) is 5.65. The van der Waals surface area contributed by atoms with Crippen LogP contribution in [0.15, 0.2) is 42.5 Å². The van der Waals surface area contributed by atoms with E-state index >= 15 is 0 Å². The SMILES string of the molecule is Cc1ccc(CCC(=O)Nc2ccc3nc(Cl)[nH]c3c2)cc1. The molecular weight excluding hydrogens is 298 g/mol. The molecule has 0 radical (unpaired) electrons. The molecule has 0 atom stereocenters. The van der Waals surface area contributed by atoms with E-state index in [4.69, 9.17) is 11.6 Å². The number of carbonyl (C=O) groups is 1. The van der Waals surface area contributed by atoms with Crippen LogP contribution in [0.3, 0.4) is 0 Å². The maximum Gasteiger partial charge on any atom is 0.224 e. The molecule has 1 aromatic heterocycles. The Labute approximate surface area is 133 Å². The Morgan fingerprint density at radius 2 is 2.00 bits per heavy atom. The van der Waals surface area contributed by atoms with E-state index in [0.29, 0.717) is 11.7 Å². The fourth-order valence-electron chi connectivity index (χ4n) is 2.29. The zero-order chi connectivity index (χ0) is 15.5. The smallest absolute Gasteiger partial charge is 0.224 e. The van der Waals surface area contributed by atoms with Crippen molar-refractivity contribution in [2.24, 2.45) is 0 Å². The molecule has 0 bridgehead atoms. The maximum absolute atomic E-state index is 12.0. The number of aromatic amines is 1. The molecule has 0 spiro atoms. The van der Waals surface area contributed by atoms with E-state index < -0.39 is 0 Å². The van der Waals surface area contributed by atoms with E-state index in [9.17, 15) is 4.79 Å². The largest absolute Gasteiger partial charge is 0.329 e. The number of nitrogens with one attached hydrogen (secondary N) is 2. The average Bonchev–Trinajstić information content (AvgIpc) is 2.86. The number of imidazole rings is 1. The summed E-state index contributed by atoms with van der Waals surface area (Å²) in [7, 11) is 0. The molecular formula is C17H16ClN3O. The quantitative estimate of drug-likeness (QED) is 0.762. The van der Waals surface area contributed by atoms with Crippen LogP contribution < -0.4 is 5.32 Å². The molecule has 2 aromatic carbocycles. The highest BCUT2D eigenvalue weighted by Gasteiger charge is 2.06. The van der Waals surface area contributed by atoms with Crippen molar-refractivity contribution in [3.05, 3.63) is 58.9 Å². The molecule has 0 unspecified atom stereocenters. The van der Waals surface area contributed by atoms with Crippen LogP contribution in [-0.4, -0.2) is 15.9 Å². The van der Waals surface area contributed by atoms with Gasteiger partial charge in [0.1, 0.15) is 0 Å². The van der Waals surface area contributed by atoms with E-state index in [1.165, 1.54) is 5.56 Å². The van der Waals surface area contributed by atoms with Crippen LogP contribution in [0.1, 0.15) is 17.5 Å². The van der Waals surface area contributed by atoms with E-state index in [0.717, 1.165) is 28.7 Å². The van der Waals surface area contributed by atoms with Gasteiger partial charge in [0.15, 0.2) is 0 Å². The summed E-state index contributed by atoms with van der Waals surface area (Å²) in [6, 6.07) is 13.7. The van der Waals surface area contributed by atoms with Crippen LogP contribution in [0.25, 0.3) is 11.0 Å². The molecule has 0 saturated heterocycles. The Hall–Kier alpha value is -2.33. The fourth-order valence-corrected chi connectivity index (χ4v) is 2.49. The van der Waals surface area contributed by atoms with E-state index in [1.807, 2.05) is 25.1 Å². The molecule has 0 saturated carbocycles. The number of fused-ring (bicyclic) bond motifs is 1. The number of amides is 1. The summed E-state index contributed by atoms with van der Waals surface area (Å²) in [6.07, 6.45) is 1.18. The van der Waals surface area contributed by atoms with Crippen molar-refractivity contribution in [1.29, 1.82) is 0 Å². The van der Waals surface area contributed by atoms with E-state index in [1.54, 1.807) is 0 Å². The van der Waals surface area contributed by atoms with Crippen molar-refractivity contribution >= 4 is 34.2 Å². The molecule has 112 valence electrons. The minimum Gasteiger partial charge on any atom is -0.329 e. The highest BCUT2D eigenvalue weighted by molar-refractivity contribution is 6.29. The van der Waals surface area contributed by atoms with Gasteiger partial charge in [-0.15, -0.1) is 0 Å². The van der Waals surface area contributed by atoms with Gasteiger partial charge < -0.3 is 10.3 Å². The lowest BCUT2D eigenvalue weighted by Gasteiger charge is -2.05. The summed E-state index contributed by atoms with van der Waals surface area (Å²) >= 11 is 5.82. The third kappa shape index (κ3) is 3.46. The molecule has 5 heteroatoms. The summed E-state index contributed by atoms with van der Waals surface area (Å²) in [5.74, 6) is -0.00876. The lowest BCUT2D eigenvalue weighted by Crippen LogP contribution is -2.12. The van der Waals surface area contributed by atoms with E-state index in [2.05, 4.69) is 39.6 Å². The number of nitrogens with zero attached hydrogens (tertiary/aromatic N) is 1. The number of H-pyrrole nitrogens is 1. The highest BCUT2D eigenvalue weighted by Crippen LogP contribution is 2.19. The zero-order valence-electron chi connectivity index (χ0n) is 12.2. The highest BCUT2D eigenvalue weighted by atomic mass is 35.5. The molecule has 0 aliphatic heterocycles. The van der Waals surface area contributed by atoms with Gasteiger partial charge in [-0.05, 0) is 48.7 Å². The van der Waals surface area contributed by atoms with Crippen molar-refractivity contribution in [3.63, 3.8) is 0 Å². The monoisotopic (exact) mass is 313 g/mol. The summed E-state index contributed by atoms with van der Waals surface area (Å²) in [5, 5.41) is 3.24. The number of hydrogen-bond acceptors (Lipinski definition) is 2. The predicted molar refractivity (Wildman–Crippen MR) is 89.2 cm³/mol. The number of anilines is 1. The van der Waals surface area contributed by atoms with Gasteiger partial charge in [-0.2, -0.15) is 0 Å². The van der Waals surface area contributed by atoms with Crippen molar-refractivity contribution in [3.8, 4) is 0 Å². The molecule has 4 nitrogen and oxygen atoms in total. The molecule has 0 aliphatic carbocycles. The number of aromatic nitrogens is 2. The molecule has 0 aliphatic rings. The minimum atomic E-state index is -0.00876.